The number of halogens is 2. The molecule has 6 heteroatoms. The third kappa shape index (κ3) is 10.2. The Labute approximate surface area is 306 Å². The van der Waals surface area contributed by atoms with Crippen molar-refractivity contribution in [3.8, 4) is 17.6 Å². The molecule has 0 saturated carbocycles. The lowest BCUT2D eigenvalue weighted by Gasteiger charge is -2.42. The largest absolute Gasteiger partial charge is 0.539 e. The van der Waals surface area contributed by atoms with Crippen LogP contribution in [0.1, 0.15) is 102 Å². The van der Waals surface area contributed by atoms with E-state index in [1.165, 1.54) is 17.7 Å². The maximum absolute atomic E-state index is 15.8. The van der Waals surface area contributed by atoms with Gasteiger partial charge in [0.15, 0.2) is 17.4 Å². The van der Waals surface area contributed by atoms with E-state index in [0.29, 0.717) is 24.2 Å². The van der Waals surface area contributed by atoms with Crippen molar-refractivity contribution >= 4 is 14.4 Å². The molecule has 0 bridgehead atoms. The molecule has 0 spiro atoms. The van der Waals surface area contributed by atoms with Crippen molar-refractivity contribution in [3.63, 3.8) is 0 Å². The van der Waals surface area contributed by atoms with Gasteiger partial charge in [-0.3, -0.25) is 0 Å². The van der Waals surface area contributed by atoms with Crippen LogP contribution in [0.15, 0.2) is 91.0 Å². The molecule has 4 aromatic carbocycles. The molecule has 1 unspecified atom stereocenters. The quantitative estimate of drug-likeness (QED) is 0.116. The lowest BCUT2D eigenvalue weighted by molar-refractivity contribution is 0.305. The third-order valence-electron chi connectivity index (χ3n) is 10.1. The molecule has 0 heterocycles. The molecule has 4 aromatic rings. The predicted octanol–water partition coefficient (Wildman–Crippen LogP) is 12.8. The molecule has 0 fully saturated rings. The monoisotopic (exact) mass is 707 g/mol. The SMILES string of the molecule is CC(C)[Si](Oc1c(F)cc(CC(/C=C/c2ccccc2OCc2ccc(C(C)(C)C)cc2)CCc2ccc(C#N)cc2)cc1F)(C(C)C)C(C)C. The zero-order valence-electron chi connectivity index (χ0n) is 31.9. The number of benzene rings is 4. The first kappa shape index (κ1) is 39.6. The second-order valence-corrected chi connectivity index (χ2v) is 21.1. The molecular formula is C45H55F2NO2Si. The number of aryl methyl sites for hydroxylation is 1. The predicted molar refractivity (Wildman–Crippen MR) is 210 cm³/mol. The first-order chi connectivity index (χ1) is 24.1. The van der Waals surface area contributed by atoms with E-state index in [4.69, 9.17) is 9.16 Å². The van der Waals surface area contributed by atoms with E-state index >= 15 is 8.78 Å². The molecule has 0 aliphatic carbocycles. The van der Waals surface area contributed by atoms with E-state index in [0.717, 1.165) is 35.3 Å². The summed E-state index contributed by atoms with van der Waals surface area (Å²) in [5, 5.41) is 9.22. The van der Waals surface area contributed by atoms with Gasteiger partial charge in [0.05, 0.1) is 11.6 Å². The summed E-state index contributed by atoms with van der Waals surface area (Å²) in [6, 6.07) is 29.1. The van der Waals surface area contributed by atoms with Gasteiger partial charge in [-0.2, -0.15) is 5.26 Å². The van der Waals surface area contributed by atoms with E-state index in [1.807, 2.05) is 48.5 Å². The van der Waals surface area contributed by atoms with Gasteiger partial charge in [0, 0.05) is 5.56 Å². The Kier molecular flexibility index (Phi) is 13.5. The van der Waals surface area contributed by atoms with E-state index < -0.39 is 20.0 Å². The summed E-state index contributed by atoms with van der Waals surface area (Å²) in [6.07, 6.45) is 6.13. The van der Waals surface area contributed by atoms with Crippen LogP contribution in [0.25, 0.3) is 6.08 Å². The van der Waals surface area contributed by atoms with Gasteiger partial charge in [-0.1, -0.05) is 129 Å². The van der Waals surface area contributed by atoms with Gasteiger partial charge < -0.3 is 9.16 Å². The maximum Gasteiger partial charge on any atom is 0.259 e. The summed E-state index contributed by atoms with van der Waals surface area (Å²) in [5.41, 5.74) is 6.26. The Morgan fingerprint density at radius 1 is 0.765 bits per heavy atom. The number of allylic oxidation sites excluding steroid dienone is 1. The van der Waals surface area contributed by atoms with E-state index in [2.05, 4.69) is 105 Å². The van der Waals surface area contributed by atoms with Crippen molar-refractivity contribution in [2.45, 2.75) is 110 Å². The highest BCUT2D eigenvalue weighted by Gasteiger charge is 2.48. The highest BCUT2D eigenvalue weighted by Crippen LogP contribution is 2.44. The Balaban J connectivity index is 1.59. The van der Waals surface area contributed by atoms with Crippen LogP contribution >= 0.6 is 0 Å². The minimum absolute atomic E-state index is 0.0281. The minimum Gasteiger partial charge on any atom is -0.539 e. The second-order valence-electron chi connectivity index (χ2n) is 15.8. The minimum atomic E-state index is -2.56. The van der Waals surface area contributed by atoms with Gasteiger partial charge in [-0.15, -0.1) is 0 Å². The zero-order valence-corrected chi connectivity index (χ0v) is 32.9. The fourth-order valence-electron chi connectivity index (χ4n) is 7.28. The van der Waals surface area contributed by atoms with Crippen LogP contribution < -0.4 is 9.16 Å². The van der Waals surface area contributed by atoms with Gasteiger partial charge in [-0.05, 0) is 99.8 Å². The zero-order chi connectivity index (χ0) is 37.3. The van der Waals surface area contributed by atoms with E-state index in [-0.39, 0.29) is 33.7 Å². The van der Waals surface area contributed by atoms with Crippen molar-refractivity contribution in [1.29, 1.82) is 5.26 Å². The summed E-state index contributed by atoms with van der Waals surface area (Å²) < 4.78 is 44.4. The van der Waals surface area contributed by atoms with Crippen LogP contribution in [0.5, 0.6) is 11.5 Å². The number of hydrogen-bond acceptors (Lipinski definition) is 3. The lowest BCUT2D eigenvalue weighted by Crippen LogP contribution is -2.51. The number of rotatable bonds is 15. The Morgan fingerprint density at radius 3 is 1.88 bits per heavy atom. The topological polar surface area (TPSA) is 42.2 Å². The second kappa shape index (κ2) is 17.3. The number of para-hydroxylation sites is 1. The van der Waals surface area contributed by atoms with Crippen LogP contribution in [-0.2, 0) is 24.9 Å². The first-order valence-electron chi connectivity index (χ1n) is 18.3. The molecular weight excluding hydrogens is 653 g/mol. The van der Waals surface area contributed by atoms with Gasteiger partial charge in [0.2, 0.25) is 0 Å². The van der Waals surface area contributed by atoms with Crippen molar-refractivity contribution in [2.24, 2.45) is 5.92 Å². The van der Waals surface area contributed by atoms with Crippen molar-refractivity contribution < 1.29 is 17.9 Å². The Bertz CT molecular complexity index is 1750. The van der Waals surface area contributed by atoms with Crippen LogP contribution in [-0.4, -0.2) is 8.32 Å². The Hall–Kier alpha value is -4.21. The fourth-order valence-corrected chi connectivity index (χ4v) is 12.5. The summed E-state index contributed by atoms with van der Waals surface area (Å²) in [5.74, 6) is -0.794. The molecule has 0 saturated heterocycles. The average molecular weight is 708 g/mol. The van der Waals surface area contributed by atoms with Crippen molar-refractivity contribution in [3.05, 3.63) is 136 Å². The van der Waals surface area contributed by atoms with Crippen molar-refractivity contribution in [1.82, 2.24) is 0 Å². The lowest BCUT2D eigenvalue weighted by atomic mass is 9.87. The van der Waals surface area contributed by atoms with E-state index in [1.54, 1.807) is 0 Å². The van der Waals surface area contributed by atoms with Crippen LogP contribution in [0.2, 0.25) is 16.6 Å². The number of nitrogens with zero attached hydrogens (tertiary/aromatic N) is 1. The van der Waals surface area contributed by atoms with Crippen LogP contribution in [0.3, 0.4) is 0 Å². The summed E-state index contributed by atoms with van der Waals surface area (Å²) in [6.45, 7) is 19.7. The molecule has 0 N–H and O–H groups in total. The molecule has 51 heavy (non-hydrogen) atoms. The normalized spacial score (nSPS) is 12.9. The molecule has 0 amide bonds. The molecule has 270 valence electrons. The summed E-state index contributed by atoms with van der Waals surface area (Å²) in [4.78, 5) is 0. The van der Waals surface area contributed by atoms with Gasteiger partial charge in [0.25, 0.3) is 8.32 Å². The average Bonchev–Trinajstić information content (AvgIpc) is 3.08. The number of nitriles is 1. The molecule has 0 aliphatic rings. The van der Waals surface area contributed by atoms with Crippen molar-refractivity contribution in [2.75, 3.05) is 0 Å². The van der Waals surface area contributed by atoms with Crippen LogP contribution in [0, 0.1) is 28.9 Å². The smallest absolute Gasteiger partial charge is 0.259 e. The van der Waals surface area contributed by atoms with Gasteiger partial charge in [0.1, 0.15) is 12.4 Å². The van der Waals surface area contributed by atoms with Gasteiger partial charge >= 0.3 is 0 Å². The molecule has 0 aliphatic heterocycles. The molecule has 3 nitrogen and oxygen atoms in total. The standard InChI is InChI=1S/C45H55F2NO2Si/c1-31(2)51(32(3)4,33(5)6)50-44-41(46)27-38(28-42(44)47)26-35(17-14-34-15-18-36(29-48)19-16-34)20-23-39-12-10-11-13-43(39)49-30-37-21-24-40(25-22-37)45(7,8)9/h10-13,15-16,18-25,27-28,31-33,35H,14,17,26,30H2,1-9H3/b23-20+. The molecule has 0 aromatic heterocycles. The fraction of sp³-hybridized carbons (Fsp3) is 0.400. The summed E-state index contributed by atoms with van der Waals surface area (Å²) >= 11 is 0. The van der Waals surface area contributed by atoms with Crippen LogP contribution in [0.4, 0.5) is 8.78 Å². The maximum atomic E-state index is 15.8. The van der Waals surface area contributed by atoms with E-state index in [9.17, 15) is 5.26 Å². The Morgan fingerprint density at radius 2 is 1.33 bits per heavy atom. The summed E-state index contributed by atoms with van der Waals surface area (Å²) in [7, 11) is -2.56. The molecule has 0 radical (unpaired) electrons. The van der Waals surface area contributed by atoms with Gasteiger partial charge in [-0.25, -0.2) is 8.78 Å². The number of ether oxygens (including phenoxy) is 1. The highest BCUT2D eigenvalue weighted by atomic mass is 28.4. The first-order valence-corrected chi connectivity index (χ1v) is 20.4. The third-order valence-corrected chi connectivity index (χ3v) is 16.1. The molecule has 4 rings (SSSR count). The highest BCUT2D eigenvalue weighted by molar-refractivity contribution is 6.78. The number of hydrogen-bond donors (Lipinski definition) is 0. The molecule has 1 atom stereocenters.